The van der Waals surface area contributed by atoms with Crippen LogP contribution in [-0.2, 0) is 24.8 Å². The second-order valence-electron chi connectivity index (χ2n) is 5.80. The van der Waals surface area contributed by atoms with Crippen LogP contribution in [0.25, 0.3) is 22.0 Å². The van der Waals surface area contributed by atoms with Gasteiger partial charge in [0.1, 0.15) is 11.5 Å². The lowest BCUT2D eigenvalue weighted by molar-refractivity contribution is 0.0979. The molecule has 122 valence electrons. The summed E-state index contributed by atoms with van der Waals surface area (Å²) in [4.78, 5) is 15.8. The lowest BCUT2D eigenvalue weighted by Gasteiger charge is -2.21. The van der Waals surface area contributed by atoms with Crippen molar-refractivity contribution in [3.8, 4) is 11.1 Å². The summed E-state index contributed by atoms with van der Waals surface area (Å²) >= 11 is 0. The zero-order chi connectivity index (χ0) is 16.8. The third kappa shape index (κ3) is 2.16. The van der Waals surface area contributed by atoms with Crippen LogP contribution in [0.1, 0.15) is 21.6 Å². The first-order chi connectivity index (χ1) is 11.6. The van der Waals surface area contributed by atoms with Crippen LogP contribution in [0.5, 0.6) is 0 Å². The number of benzene rings is 1. The number of aryl methyl sites for hydroxylation is 1. The van der Waals surface area contributed by atoms with Crippen molar-refractivity contribution in [2.45, 2.75) is 13.0 Å². The number of ether oxygens (including phenoxy) is 1. The molecule has 0 saturated heterocycles. The van der Waals surface area contributed by atoms with Gasteiger partial charge in [0.15, 0.2) is 0 Å². The Bertz CT molecular complexity index is 980. The van der Waals surface area contributed by atoms with E-state index in [1.807, 2.05) is 0 Å². The van der Waals surface area contributed by atoms with Crippen molar-refractivity contribution in [2.75, 3.05) is 6.61 Å². The fourth-order valence-electron chi connectivity index (χ4n) is 3.20. The van der Waals surface area contributed by atoms with Crippen LogP contribution in [0.15, 0.2) is 24.5 Å². The molecule has 0 aliphatic carbocycles. The second kappa shape index (κ2) is 5.38. The molecule has 1 aromatic carbocycles. The highest BCUT2D eigenvalue weighted by molar-refractivity contribution is 5.94. The van der Waals surface area contributed by atoms with E-state index < -0.39 is 5.91 Å². The average molecular weight is 326 g/mol. The van der Waals surface area contributed by atoms with E-state index in [1.54, 1.807) is 24.0 Å². The van der Waals surface area contributed by atoms with Gasteiger partial charge < -0.3 is 10.5 Å². The van der Waals surface area contributed by atoms with Crippen molar-refractivity contribution in [1.29, 1.82) is 0 Å². The Kier molecular flexibility index (Phi) is 3.31. The minimum atomic E-state index is -0.581. The highest BCUT2D eigenvalue weighted by atomic mass is 19.1. The standard InChI is InChI=1S/C17H15FN4O2/c1-22-15-5-11(14(18)4-9(15)6-21-22)12-7-20-16(17(19)23)10-2-3-24-8-13(10)12/h4-7H,2-3,8H2,1H3,(H2,19,23). The van der Waals surface area contributed by atoms with Gasteiger partial charge in [0.2, 0.25) is 0 Å². The average Bonchev–Trinajstić information content (AvgIpc) is 2.93. The molecule has 0 unspecified atom stereocenters. The van der Waals surface area contributed by atoms with Gasteiger partial charge in [-0.15, -0.1) is 0 Å². The van der Waals surface area contributed by atoms with E-state index in [9.17, 15) is 9.18 Å². The Labute approximate surface area is 137 Å². The van der Waals surface area contributed by atoms with Gasteiger partial charge in [0, 0.05) is 29.8 Å². The molecule has 7 heteroatoms. The summed E-state index contributed by atoms with van der Waals surface area (Å²) in [7, 11) is 1.80. The van der Waals surface area contributed by atoms with Gasteiger partial charge in [-0.05, 0) is 29.7 Å². The Morgan fingerprint density at radius 1 is 1.29 bits per heavy atom. The molecule has 0 radical (unpaired) electrons. The van der Waals surface area contributed by atoms with Crippen LogP contribution in [0.4, 0.5) is 4.39 Å². The quantitative estimate of drug-likeness (QED) is 0.780. The van der Waals surface area contributed by atoms with E-state index in [0.717, 1.165) is 22.0 Å². The number of nitrogens with two attached hydrogens (primary N) is 1. The number of rotatable bonds is 2. The zero-order valence-electron chi connectivity index (χ0n) is 13.0. The van der Waals surface area contributed by atoms with E-state index in [1.165, 1.54) is 12.3 Å². The number of hydrogen-bond acceptors (Lipinski definition) is 4. The van der Waals surface area contributed by atoms with Crippen molar-refractivity contribution in [3.63, 3.8) is 0 Å². The SMILES string of the molecule is Cn1ncc2cc(F)c(-c3cnc(C(N)=O)c4c3COCC4)cc21. The highest BCUT2D eigenvalue weighted by Crippen LogP contribution is 2.34. The molecule has 4 rings (SSSR count). The number of hydrogen-bond donors (Lipinski definition) is 1. The summed E-state index contributed by atoms with van der Waals surface area (Å²) in [5, 5.41) is 4.87. The summed E-state index contributed by atoms with van der Waals surface area (Å²) in [5.74, 6) is -0.945. The molecule has 0 atom stereocenters. The fourth-order valence-corrected chi connectivity index (χ4v) is 3.20. The fraction of sp³-hybridized carbons (Fsp3) is 0.235. The minimum absolute atomic E-state index is 0.235. The third-order valence-corrected chi connectivity index (χ3v) is 4.40. The molecule has 3 aromatic rings. The van der Waals surface area contributed by atoms with Crippen LogP contribution < -0.4 is 5.73 Å². The normalized spacial score (nSPS) is 13.9. The molecule has 6 nitrogen and oxygen atoms in total. The number of carbonyl (C=O) groups is 1. The number of carbonyl (C=O) groups excluding carboxylic acids is 1. The molecular weight excluding hydrogens is 311 g/mol. The van der Waals surface area contributed by atoms with Crippen LogP contribution in [0.3, 0.4) is 0 Å². The number of pyridine rings is 1. The van der Waals surface area contributed by atoms with Crippen molar-refractivity contribution in [2.24, 2.45) is 12.8 Å². The predicted octanol–water partition coefficient (Wildman–Crippen LogP) is 1.95. The summed E-state index contributed by atoms with van der Waals surface area (Å²) in [6.45, 7) is 0.790. The van der Waals surface area contributed by atoms with Crippen LogP contribution >= 0.6 is 0 Å². The Morgan fingerprint density at radius 3 is 2.92 bits per heavy atom. The van der Waals surface area contributed by atoms with E-state index in [2.05, 4.69) is 10.1 Å². The molecule has 2 N–H and O–H groups in total. The van der Waals surface area contributed by atoms with E-state index in [-0.39, 0.29) is 11.5 Å². The maximum absolute atomic E-state index is 14.6. The monoisotopic (exact) mass is 326 g/mol. The number of nitrogens with zero attached hydrogens (tertiary/aromatic N) is 3. The molecule has 3 heterocycles. The first-order valence-corrected chi connectivity index (χ1v) is 7.56. The van der Waals surface area contributed by atoms with Crippen molar-refractivity contribution in [3.05, 3.63) is 47.2 Å². The number of fused-ring (bicyclic) bond motifs is 2. The van der Waals surface area contributed by atoms with Crippen molar-refractivity contribution >= 4 is 16.8 Å². The van der Waals surface area contributed by atoms with Gasteiger partial charge in [0.05, 0.1) is 24.9 Å². The molecular formula is C17H15FN4O2. The molecule has 24 heavy (non-hydrogen) atoms. The lowest BCUT2D eigenvalue weighted by atomic mass is 9.92. The predicted molar refractivity (Wildman–Crippen MR) is 85.8 cm³/mol. The largest absolute Gasteiger partial charge is 0.376 e. The molecule has 1 aliphatic heterocycles. The summed E-state index contributed by atoms with van der Waals surface area (Å²) in [6, 6.07) is 3.20. The zero-order valence-corrected chi connectivity index (χ0v) is 13.0. The van der Waals surface area contributed by atoms with E-state index >= 15 is 0 Å². The Balaban J connectivity index is 1.98. The molecule has 0 bridgehead atoms. The number of aromatic nitrogens is 3. The summed E-state index contributed by atoms with van der Waals surface area (Å²) < 4.78 is 21.8. The lowest BCUT2D eigenvalue weighted by Crippen LogP contribution is -2.22. The van der Waals surface area contributed by atoms with Crippen LogP contribution in [-0.4, -0.2) is 27.3 Å². The van der Waals surface area contributed by atoms with Gasteiger partial charge in [0.25, 0.3) is 5.91 Å². The smallest absolute Gasteiger partial charge is 0.267 e. The van der Waals surface area contributed by atoms with Crippen molar-refractivity contribution < 1.29 is 13.9 Å². The Hall–Kier alpha value is -2.80. The molecule has 1 aliphatic rings. The third-order valence-electron chi connectivity index (χ3n) is 4.40. The molecule has 0 saturated carbocycles. The number of primary amides is 1. The van der Waals surface area contributed by atoms with Gasteiger partial charge in [-0.2, -0.15) is 5.10 Å². The Morgan fingerprint density at radius 2 is 2.12 bits per heavy atom. The summed E-state index contributed by atoms with van der Waals surface area (Å²) in [6.07, 6.45) is 3.65. The second-order valence-corrected chi connectivity index (χ2v) is 5.80. The van der Waals surface area contributed by atoms with Gasteiger partial charge in [-0.3, -0.25) is 14.5 Å². The topological polar surface area (TPSA) is 83.0 Å². The molecule has 2 aromatic heterocycles. The molecule has 1 amide bonds. The van der Waals surface area contributed by atoms with Gasteiger partial charge in [-0.25, -0.2) is 4.39 Å². The maximum Gasteiger partial charge on any atom is 0.267 e. The van der Waals surface area contributed by atoms with Gasteiger partial charge in [-0.1, -0.05) is 0 Å². The van der Waals surface area contributed by atoms with E-state index in [0.29, 0.717) is 30.8 Å². The van der Waals surface area contributed by atoms with Crippen molar-refractivity contribution in [1.82, 2.24) is 14.8 Å². The minimum Gasteiger partial charge on any atom is -0.376 e. The summed E-state index contributed by atoms with van der Waals surface area (Å²) in [5.41, 5.74) is 9.01. The molecule has 0 spiro atoms. The molecule has 0 fully saturated rings. The highest BCUT2D eigenvalue weighted by Gasteiger charge is 2.23. The number of amides is 1. The van der Waals surface area contributed by atoms with E-state index in [4.69, 9.17) is 10.5 Å². The van der Waals surface area contributed by atoms with Gasteiger partial charge >= 0.3 is 0 Å². The van der Waals surface area contributed by atoms with Crippen LogP contribution in [0, 0.1) is 5.82 Å². The first-order valence-electron chi connectivity index (χ1n) is 7.56. The first kappa shape index (κ1) is 14.8. The maximum atomic E-state index is 14.6. The van der Waals surface area contributed by atoms with Crippen LogP contribution in [0.2, 0.25) is 0 Å². The number of halogens is 1.